The lowest BCUT2D eigenvalue weighted by Gasteiger charge is -2.17. The van der Waals surface area contributed by atoms with Gasteiger partial charge < -0.3 is 13.3 Å². The maximum Gasteiger partial charge on any atom is 0.259 e. The van der Waals surface area contributed by atoms with Crippen LogP contribution < -0.4 is 16.4 Å². The third-order valence-corrected chi connectivity index (χ3v) is 6.33. The number of hydrogen-bond acceptors (Lipinski definition) is 6. The molecule has 1 saturated carbocycles. The molecule has 0 N–H and O–H groups in total. The minimum atomic E-state index is -0.228. The Bertz CT molecular complexity index is 1700. The first-order valence-corrected chi connectivity index (χ1v) is 11.2. The lowest BCUT2D eigenvalue weighted by atomic mass is 9.96. The molecule has 6 heteroatoms. The molecule has 2 aromatic carbocycles. The van der Waals surface area contributed by atoms with Gasteiger partial charge in [-0.2, -0.15) is 0 Å². The van der Waals surface area contributed by atoms with Crippen molar-refractivity contribution in [2.24, 2.45) is 4.99 Å². The smallest absolute Gasteiger partial charge is 0.259 e. The normalized spacial score (nSPS) is 15.6. The number of para-hydroxylation sites is 2. The summed E-state index contributed by atoms with van der Waals surface area (Å²) in [7, 11) is 0. The molecule has 0 aliphatic heterocycles. The van der Waals surface area contributed by atoms with E-state index in [9.17, 15) is 9.59 Å². The Kier molecular flexibility index (Phi) is 4.72. The summed E-state index contributed by atoms with van der Waals surface area (Å²) in [6, 6.07) is 15.8. The monoisotopic (exact) mass is 439 g/mol. The van der Waals surface area contributed by atoms with Crippen LogP contribution in [0.25, 0.3) is 44.2 Å². The summed E-state index contributed by atoms with van der Waals surface area (Å²) in [5.41, 5.74) is 1.34. The van der Waals surface area contributed by atoms with Crippen molar-refractivity contribution >= 4 is 32.9 Å². The Balaban J connectivity index is 1.69. The summed E-state index contributed by atoms with van der Waals surface area (Å²) in [4.78, 5) is 31.4. The van der Waals surface area contributed by atoms with Crippen LogP contribution in [0.5, 0.6) is 0 Å². The lowest BCUT2D eigenvalue weighted by Crippen LogP contribution is -2.18. The van der Waals surface area contributed by atoms with Crippen molar-refractivity contribution in [2.75, 3.05) is 0 Å². The van der Waals surface area contributed by atoms with Gasteiger partial charge in [0.25, 0.3) is 5.55 Å². The summed E-state index contributed by atoms with van der Waals surface area (Å²) in [6.07, 6.45) is 6.69. The van der Waals surface area contributed by atoms with Gasteiger partial charge in [-0.15, -0.1) is 0 Å². The molecule has 3 heterocycles. The summed E-state index contributed by atoms with van der Waals surface area (Å²) < 4.78 is 17.9. The van der Waals surface area contributed by atoms with E-state index in [-0.39, 0.29) is 33.8 Å². The van der Waals surface area contributed by atoms with Gasteiger partial charge in [0.1, 0.15) is 28.8 Å². The van der Waals surface area contributed by atoms with Crippen LogP contribution in [0, 0.1) is 0 Å². The standard InChI is InChI=1S/C27H21NO5/c29-24-18-11-5-7-13-22(18)32-26-19(24)14-23(33-27(26)28-16-8-2-1-3-9-16)20-15-31-21-12-6-4-10-17(21)25(20)30/h4-7,10-16H,1-3,8-9H2. The molecule has 3 aromatic heterocycles. The number of nitrogens with zero attached hydrogens (tertiary/aromatic N) is 1. The average Bonchev–Trinajstić information content (AvgIpc) is 2.86. The molecule has 1 aliphatic carbocycles. The van der Waals surface area contributed by atoms with Crippen molar-refractivity contribution in [2.45, 2.75) is 38.1 Å². The van der Waals surface area contributed by atoms with Gasteiger partial charge in [-0.25, -0.2) is 4.99 Å². The van der Waals surface area contributed by atoms with Crippen LogP contribution in [0.1, 0.15) is 32.1 Å². The van der Waals surface area contributed by atoms with Crippen molar-refractivity contribution in [3.05, 3.63) is 86.9 Å². The average molecular weight is 439 g/mol. The highest BCUT2D eigenvalue weighted by Crippen LogP contribution is 2.25. The Labute approximate surface area is 187 Å². The van der Waals surface area contributed by atoms with E-state index in [0.717, 1.165) is 25.7 Å². The van der Waals surface area contributed by atoms with E-state index in [1.165, 1.54) is 12.7 Å². The number of rotatable bonds is 2. The molecule has 6 rings (SSSR count). The zero-order chi connectivity index (χ0) is 22.4. The van der Waals surface area contributed by atoms with E-state index in [1.54, 1.807) is 42.5 Å². The van der Waals surface area contributed by atoms with E-state index < -0.39 is 0 Å². The summed E-state index contributed by atoms with van der Waals surface area (Å²) in [6.45, 7) is 0. The van der Waals surface area contributed by atoms with E-state index in [0.29, 0.717) is 32.9 Å². The van der Waals surface area contributed by atoms with Gasteiger partial charge in [-0.1, -0.05) is 43.5 Å². The van der Waals surface area contributed by atoms with Crippen molar-refractivity contribution < 1.29 is 13.3 Å². The van der Waals surface area contributed by atoms with Gasteiger partial charge in [-0.05, 0) is 43.2 Å². The fourth-order valence-electron chi connectivity index (χ4n) is 4.60. The number of hydrogen-bond donors (Lipinski definition) is 0. The lowest BCUT2D eigenvalue weighted by molar-refractivity contribution is 0.409. The molecule has 33 heavy (non-hydrogen) atoms. The van der Waals surface area contributed by atoms with Gasteiger partial charge in [0.05, 0.1) is 22.2 Å². The van der Waals surface area contributed by atoms with Gasteiger partial charge >= 0.3 is 0 Å². The minimum absolute atomic E-state index is 0.0886. The highest BCUT2D eigenvalue weighted by atomic mass is 16.4. The topological polar surface area (TPSA) is 85.9 Å². The second kappa shape index (κ2) is 7.89. The molecular formula is C27H21NO5. The molecule has 1 aliphatic rings. The molecule has 6 nitrogen and oxygen atoms in total. The fraction of sp³-hybridized carbons (Fsp3) is 0.222. The van der Waals surface area contributed by atoms with Crippen LogP contribution in [0.15, 0.2) is 88.7 Å². The van der Waals surface area contributed by atoms with Crippen LogP contribution in [0.3, 0.4) is 0 Å². The van der Waals surface area contributed by atoms with Crippen LogP contribution in [-0.4, -0.2) is 6.04 Å². The molecule has 164 valence electrons. The van der Waals surface area contributed by atoms with Crippen molar-refractivity contribution in [3.63, 3.8) is 0 Å². The van der Waals surface area contributed by atoms with Gasteiger partial charge in [0, 0.05) is 0 Å². The van der Waals surface area contributed by atoms with Gasteiger partial charge in [-0.3, -0.25) is 9.59 Å². The predicted molar refractivity (Wildman–Crippen MR) is 126 cm³/mol. The maximum absolute atomic E-state index is 13.4. The first-order chi connectivity index (χ1) is 16.2. The van der Waals surface area contributed by atoms with Crippen molar-refractivity contribution in [3.8, 4) is 11.3 Å². The van der Waals surface area contributed by atoms with E-state index >= 15 is 0 Å². The van der Waals surface area contributed by atoms with Gasteiger partial charge in [0.15, 0.2) is 0 Å². The Morgan fingerprint density at radius 1 is 0.758 bits per heavy atom. The first-order valence-electron chi connectivity index (χ1n) is 11.2. The summed E-state index contributed by atoms with van der Waals surface area (Å²) in [5.74, 6) is 0.235. The Morgan fingerprint density at radius 2 is 1.45 bits per heavy atom. The summed E-state index contributed by atoms with van der Waals surface area (Å²) >= 11 is 0. The molecule has 0 bridgehead atoms. The molecule has 5 aromatic rings. The second-order valence-corrected chi connectivity index (χ2v) is 8.48. The predicted octanol–water partition coefficient (Wildman–Crippen LogP) is 5.55. The van der Waals surface area contributed by atoms with E-state index in [2.05, 4.69) is 0 Å². The zero-order valence-electron chi connectivity index (χ0n) is 17.9. The molecule has 0 atom stereocenters. The Morgan fingerprint density at radius 3 is 2.24 bits per heavy atom. The van der Waals surface area contributed by atoms with Crippen molar-refractivity contribution in [1.82, 2.24) is 0 Å². The number of benzene rings is 2. The second-order valence-electron chi connectivity index (χ2n) is 8.48. The third kappa shape index (κ3) is 3.39. The quantitative estimate of drug-likeness (QED) is 0.337. The van der Waals surface area contributed by atoms with Crippen LogP contribution >= 0.6 is 0 Å². The van der Waals surface area contributed by atoms with E-state index in [4.69, 9.17) is 18.2 Å². The zero-order valence-corrected chi connectivity index (χ0v) is 17.9. The SMILES string of the molecule is O=c1c(-c2cc3c(=O)c4ccccc4oc3c(=NC3CCCCC3)o2)coc2ccccc12. The van der Waals surface area contributed by atoms with Crippen molar-refractivity contribution in [1.29, 1.82) is 0 Å². The van der Waals surface area contributed by atoms with E-state index in [1.807, 2.05) is 12.1 Å². The maximum atomic E-state index is 13.4. The van der Waals surface area contributed by atoms with Crippen LogP contribution in [0.4, 0.5) is 0 Å². The summed E-state index contributed by atoms with van der Waals surface area (Å²) in [5, 5.41) is 1.25. The minimum Gasteiger partial charge on any atom is -0.463 e. The highest BCUT2D eigenvalue weighted by Gasteiger charge is 2.19. The fourth-order valence-corrected chi connectivity index (χ4v) is 4.60. The first kappa shape index (κ1) is 19.7. The van der Waals surface area contributed by atoms with Crippen LogP contribution in [-0.2, 0) is 0 Å². The van der Waals surface area contributed by atoms with Crippen LogP contribution in [0.2, 0.25) is 0 Å². The highest BCUT2D eigenvalue weighted by molar-refractivity contribution is 5.90. The largest absolute Gasteiger partial charge is 0.463 e. The molecular weight excluding hydrogens is 418 g/mol. The third-order valence-electron chi connectivity index (χ3n) is 6.33. The molecule has 0 amide bonds. The molecule has 0 radical (unpaired) electrons. The molecule has 0 saturated heterocycles. The molecule has 1 fully saturated rings. The number of fused-ring (bicyclic) bond motifs is 3. The van der Waals surface area contributed by atoms with Gasteiger partial charge in [0.2, 0.25) is 16.4 Å². The molecule has 0 unspecified atom stereocenters. The molecule has 0 spiro atoms. The Hall–Kier alpha value is -3.93.